The third kappa shape index (κ3) is 2.23. The smallest absolute Gasteiger partial charge is 0.254 e. The molecule has 1 aliphatic rings. The maximum Gasteiger partial charge on any atom is 0.254 e. The van der Waals surface area contributed by atoms with E-state index in [9.17, 15) is 4.79 Å². The highest BCUT2D eigenvalue weighted by Crippen LogP contribution is 2.09. The molecule has 14 heavy (non-hydrogen) atoms. The quantitative estimate of drug-likeness (QED) is 0.663. The van der Waals surface area contributed by atoms with E-state index >= 15 is 0 Å². The van der Waals surface area contributed by atoms with Gasteiger partial charge in [-0.2, -0.15) is 0 Å². The first-order valence-corrected chi connectivity index (χ1v) is 4.84. The minimum Gasteiger partial charge on any atom is -0.379 e. The lowest BCUT2D eigenvalue weighted by atomic mass is 10.1. The van der Waals surface area contributed by atoms with E-state index in [1.54, 1.807) is 6.92 Å². The molecule has 0 aromatic rings. The topological polar surface area (TPSA) is 62.7 Å². The number of guanidine groups is 1. The molecule has 0 aliphatic carbocycles. The number of rotatable bonds is 4. The third-order valence-electron chi connectivity index (χ3n) is 2.04. The molecular weight excluding hydrogens is 182 g/mol. The lowest BCUT2D eigenvalue weighted by Crippen LogP contribution is -2.48. The van der Waals surface area contributed by atoms with Gasteiger partial charge in [-0.25, -0.2) is 0 Å². The van der Waals surface area contributed by atoms with Crippen LogP contribution in [0.3, 0.4) is 0 Å². The molecule has 1 rings (SSSR count). The van der Waals surface area contributed by atoms with Crippen LogP contribution in [0, 0.1) is 0 Å². The van der Waals surface area contributed by atoms with Crippen LogP contribution in [0.15, 0.2) is 4.99 Å². The Morgan fingerprint density at radius 1 is 1.50 bits per heavy atom. The molecule has 1 saturated heterocycles. The van der Waals surface area contributed by atoms with Crippen molar-refractivity contribution in [3.8, 4) is 0 Å². The molecule has 5 heteroatoms. The van der Waals surface area contributed by atoms with Crippen LogP contribution in [0.2, 0.25) is 0 Å². The van der Waals surface area contributed by atoms with Gasteiger partial charge < -0.3 is 10.1 Å². The van der Waals surface area contributed by atoms with Crippen molar-refractivity contribution in [3.63, 3.8) is 0 Å². The SMILES string of the molecule is CCN=C1NC(=O)C(C)(COCC)N1. The Kier molecular flexibility index (Phi) is 3.46. The molecule has 0 aromatic heterocycles. The molecular formula is C9H17N3O2. The predicted octanol–water partition coefficient (Wildman–Crippen LogP) is -0.123. The number of nitrogens with zero attached hydrogens (tertiary/aromatic N) is 1. The van der Waals surface area contributed by atoms with E-state index in [-0.39, 0.29) is 5.91 Å². The van der Waals surface area contributed by atoms with Crippen molar-refractivity contribution in [1.29, 1.82) is 0 Å². The first-order chi connectivity index (χ1) is 6.62. The van der Waals surface area contributed by atoms with Crippen LogP contribution in [-0.4, -0.2) is 37.2 Å². The van der Waals surface area contributed by atoms with Crippen LogP contribution >= 0.6 is 0 Å². The van der Waals surface area contributed by atoms with Gasteiger partial charge >= 0.3 is 0 Å². The van der Waals surface area contributed by atoms with Crippen LogP contribution < -0.4 is 10.6 Å². The summed E-state index contributed by atoms with van der Waals surface area (Å²) < 4.78 is 5.24. The van der Waals surface area contributed by atoms with Crippen molar-refractivity contribution in [2.75, 3.05) is 19.8 Å². The van der Waals surface area contributed by atoms with E-state index in [1.165, 1.54) is 0 Å². The van der Waals surface area contributed by atoms with Gasteiger partial charge in [-0.1, -0.05) is 0 Å². The second-order valence-electron chi connectivity index (χ2n) is 3.37. The Morgan fingerprint density at radius 3 is 2.79 bits per heavy atom. The molecule has 0 bridgehead atoms. The highest BCUT2D eigenvalue weighted by Gasteiger charge is 2.40. The zero-order chi connectivity index (χ0) is 10.6. The number of carbonyl (C=O) groups excluding carboxylic acids is 1. The molecule has 1 atom stereocenters. The molecule has 0 radical (unpaired) electrons. The maximum absolute atomic E-state index is 11.6. The molecule has 2 N–H and O–H groups in total. The van der Waals surface area contributed by atoms with Crippen molar-refractivity contribution >= 4 is 11.9 Å². The summed E-state index contributed by atoms with van der Waals surface area (Å²) in [6.07, 6.45) is 0. The van der Waals surface area contributed by atoms with Crippen LogP contribution in [0.25, 0.3) is 0 Å². The van der Waals surface area contributed by atoms with Crippen LogP contribution in [0.4, 0.5) is 0 Å². The van der Waals surface area contributed by atoms with Gasteiger partial charge in [-0.15, -0.1) is 0 Å². The zero-order valence-electron chi connectivity index (χ0n) is 8.89. The second-order valence-corrected chi connectivity index (χ2v) is 3.37. The van der Waals surface area contributed by atoms with E-state index in [0.717, 1.165) is 0 Å². The summed E-state index contributed by atoms with van der Waals surface area (Å²) in [5, 5.41) is 5.69. The minimum atomic E-state index is -0.677. The molecule has 1 amide bonds. The largest absolute Gasteiger partial charge is 0.379 e. The Hall–Kier alpha value is -1.10. The summed E-state index contributed by atoms with van der Waals surface area (Å²) in [4.78, 5) is 15.6. The fraction of sp³-hybridized carbons (Fsp3) is 0.778. The molecule has 80 valence electrons. The maximum atomic E-state index is 11.6. The van der Waals surface area contributed by atoms with Gasteiger partial charge in [-0.05, 0) is 20.8 Å². The first-order valence-electron chi connectivity index (χ1n) is 4.84. The van der Waals surface area contributed by atoms with E-state index < -0.39 is 5.54 Å². The number of aliphatic imine (C=N–C) groups is 1. The Balaban J connectivity index is 2.62. The number of carbonyl (C=O) groups is 1. The number of hydrogen-bond acceptors (Lipinski definition) is 3. The minimum absolute atomic E-state index is 0.0850. The van der Waals surface area contributed by atoms with E-state index in [1.807, 2.05) is 13.8 Å². The highest BCUT2D eigenvalue weighted by atomic mass is 16.5. The number of amides is 1. The van der Waals surface area contributed by atoms with Gasteiger partial charge in [0.05, 0.1) is 6.61 Å². The van der Waals surface area contributed by atoms with E-state index in [2.05, 4.69) is 15.6 Å². The summed E-state index contributed by atoms with van der Waals surface area (Å²) in [5.41, 5.74) is -0.677. The summed E-state index contributed by atoms with van der Waals surface area (Å²) in [6, 6.07) is 0. The van der Waals surface area contributed by atoms with E-state index in [4.69, 9.17) is 4.74 Å². The van der Waals surface area contributed by atoms with Crippen molar-refractivity contribution < 1.29 is 9.53 Å². The molecule has 0 saturated carbocycles. The standard InChI is InChI=1S/C9H17N3O2/c1-4-10-8-11-7(13)9(3,12-8)6-14-5-2/h4-6H2,1-3H3,(H2,10,11,12,13). The Morgan fingerprint density at radius 2 is 2.21 bits per heavy atom. The van der Waals surface area contributed by atoms with Crippen molar-refractivity contribution in [1.82, 2.24) is 10.6 Å². The van der Waals surface area contributed by atoms with Gasteiger partial charge in [0.15, 0.2) is 5.96 Å². The zero-order valence-corrected chi connectivity index (χ0v) is 8.89. The average Bonchev–Trinajstić information content (AvgIpc) is 2.41. The number of nitrogens with one attached hydrogen (secondary N) is 2. The molecule has 1 unspecified atom stereocenters. The van der Waals surface area contributed by atoms with E-state index in [0.29, 0.717) is 25.7 Å². The lowest BCUT2D eigenvalue weighted by Gasteiger charge is -2.20. The van der Waals surface area contributed by atoms with Crippen molar-refractivity contribution in [2.45, 2.75) is 26.3 Å². The van der Waals surface area contributed by atoms with Crippen molar-refractivity contribution in [3.05, 3.63) is 0 Å². The average molecular weight is 199 g/mol. The second kappa shape index (κ2) is 4.41. The molecule has 1 aliphatic heterocycles. The van der Waals surface area contributed by atoms with Crippen LogP contribution in [-0.2, 0) is 9.53 Å². The predicted molar refractivity (Wildman–Crippen MR) is 54.2 cm³/mol. The molecule has 0 aromatic carbocycles. The summed E-state index contributed by atoms with van der Waals surface area (Å²) >= 11 is 0. The third-order valence-corrected chi connectivity index (χ3v) is 2.04. The summed E-state index contributed by atoms with van der Waals surface area (Å²) in [6.45, 7) is 7.22. The van der Waals surface area contributed by atoms with Crippen LogP contribution in [0.5, 0.6) is 0 Å². The Bertz CT molecular complexity index is 252. The number of hydrogen-bond donors (Lipinski definition) is 2. The fourth-order valence-electron chi connectivity index (χ4n) is 1.24. The monoisotopic (exact) mass is 199 g/mol. The number of ether oxygens (including phenoxy) is 1. The van der Waals surface area contributed by atoms with Gasteiger partial charge in [0, 0.05) is 13.2 Å². The van der Waals surface area contributed by atoms with Gasteiger partial charge in [-0.3, -0.25) is 15.1 Å². The molecule has 1 heterocycles. The first kappa shape index (κ1) is 11.0. The normalized spacial score (nSPS) is 29.1. The lowest BCUT2D eigenvalue weighted by molar-refractivity contribution is -0.125. The molecule has 1 fully saturated rings. The molecule has 5 nitrogen and oxygen atoms in total. The molecule has 0 spiro atoms. The van der Waals surface area contributed by atoms with Gasteiger partial charge in [0.1, 0.15) is 5.54 Å². The fourth-order valence-corrected chi connectivity index (χ4v) is 1.24. The van der Waals surface area contributed by atoms with Crippen LogP contribution in [0.1, 0.15) is 20.8 Å². The van der Waals surface area contributed by atoms with Gasteiger partial charge in [0.2, 0.25) is 0 Å². The van der Waals surface area contributed by atoms with Crippen molar-refractivity contribution in [2.24, 2.45) is 4.99 Å². The highest BCUT2D eigenvalue weighted by molar-refractivity contribution is 6.08. The summed E-state index contributed by atoms with van der Waals surface area (Å²) in [5.74, 6) is 0.456. The summed E-state index contributed by atoms with van der Waals surface area (Å²) in [7, 11) is 0. The van der Waals surface area contributed by atoms with Gasteiger partial charge in [0.25, 0.3) is 5.91 Å². The Labute approximate surface area is 83.9 Å².